The topological polar surface area (TPSA) is 37.3 Å². The maximum Gasteiger partial charge on any atom is 0.416 e. The van der Waals surface area contributed by atoms with Crippen molar-refractivity contribution < 1.29 is 31.9 Å². The Morgan fingerprint density at radius 2 is 1.50 bits per heavy atom. The largest absolute Gasteiger partial charge is 0.481 e. The summed E-state index contributed by atoms with van der Waals surface area (Å²) in [6, 6.07) is 3.06. The molecule has 0 fully saturated rings. The number of halogens is 5. The summed E-state index contributed by atoms with van der Waals surface area (Å²) in [6.45, 7) is 4.25. The molecule has 2 rings (SSSR count). The van der Waals surface area contributed by atoms with Crippen molar-refractivity contribution in [3.8, 4) is 11.1 Å². The summed E-state index contributed by atoms with van der Waals surface area (Å²) in [6.07, 6.45) is -5.33. The fraction of sp³-hybridized carbons (Fsp3) is 0.316. The van der Waals surface area contributed by atoms with E-state index in [-0.39, 0.29) is 39.8 Å². The van der Waals surface area contributed by atoms with Gasteiger partial charge in [-0.3, -0.25) is 4.79 Å². The lowest BCUT2D eigenvalue weighted by molar-refractivity contribution is -0.138. The van der Waals surface area contributed by atoms with Gasteiger partial charge in [0.05, 0.1) is 5.56 Å². The molecule has 2 nitrogen and oxygen atoms in total. The molecule has 0 saturated heterocycles. The van der Waals surface area contributed by atoms with Crippen LogP contribution in [-0.2, 0) is 17.4 Å². The standard InChI is InChI=1S/C19H17F5O2/c1-9-6-12(19(22,23)24)7-10(2)16(9)14-8-11(3)17(20)13(18(14)21)4-5-15(25)26/h6-8H,4-5H2,1-3H3,(H,25,26). The minimum absolute atomic E-state index is 0.0342. The molecule has 0 aliphatic rings. The second kappa shape index (κ2) is 7.05. The van der Waals surface area contributed by atoms with Crippen molar-refractivity contribution in [2.45, 2.75) is 39.8 Å². The van der Waals surface area contributed by atoms with E-state index in [1.807, 2.05) is 0 Å². The first-order valence-electron chi connectivity index (χ1n) is 7.81. The Morgan fingerprint density at radius 3 is 1.96 bits per heavy atom. The normalized spacial score (nSPS) is 11.7. The Morgan fingerprint density at radius 1 is 0.962 bits per heavy atom. The van der Waals surface area contributed by atoms with E-state index in [4.69, 9.17) is 5.11 Å². The molecule has 7 heteroatoms. The van der Waals surface area contributed by atoms with Crippen LogP contribution in [0.2, 0.25) is 0 Å². The molecule has 0 aliphatic heterocycles. The highest BCUT2D eigenvalue weighted by molar-refractivity contribution is 5.74. The number of aryl methyl sites for hydroxylation is 3. The average Bonchev–Trinajstić information content (AvgIpc) is 2.50. The Hall–Kier alpha value is -2.44. The maximum absolute atomic E-state index is 14.9. The quantitative estimate of drug-likeness (QED) is 0.710. The van der Waals surface area contributed by atoms with Crippen LogP contribution >= 0.6 is 0 Å². The summed E-state index contributed by atoms with van der Waals surface area (Å²) in [5, 5.41) is 8.76. The lowest BCUT2D eigenvalue weighted by atomic mass is 9.90. The summed E-state index contributed by atoms with van der Waals surface area (Å²) in [5.74, 6) is -2.98. The first-order chi connectivity index (χ1) is 11.9. The van der Waals surface area contributed by atoms with Crippen LogP contribution in [0.1, 0.15) is 34.2 Å². The van der Waals surface area contributed by atoms with Crippen LogP contribution in [0.3, 0.4) is 0 Å². The molecule has 0 radical (unpaired) electrons. The van der Waals surface area contributed by atoms with Gasteiger partial charge in [-0.1, -0.05) is 0 Å². The SMILES string of the molecule is Cc1cc(-c2c(C)cc(C(F)(F)F)cc2C)c(F)c(CCC(=O)O)c1F. The van der Waals surface area contributed by atoms with Gasteiger partial charge in [0.2, 0.25) is 0 Å². The third-order valence-electron chi connectivity index (χ3n) is 4.19. The molecule has 0 aliphatic carbocycles. The van der Waals surface area contributed by atoms with E-state index >= 15 is 0 Å². The van der Waals surface area contributed by atoms with Gasteiger partial charge < -0.3 is 5.11 Å². The lowest BCUT2D eigenvalue weighted by Crippen LogP contribution is -2.08. The van der Waals surface area contributed by atoms with E-state index in [2.05, 4.69) is 0 Å². The fourth-order valence-electron chi connectivity index (χ4n) is 3.03. The zero-order chi connectivity index (χ0) is 19.8. The molecule has 1 N–H and O–H groups in total. The molecule has 0 saturated carbocycles. The number of benzene rings is 2. The van der Waals surface area contributed by atoms with Crippen LogP contribution in [0.5, 0.6) is 0 Å². The molecule has 0 atom stereocenters. The van der Waals surface area contributed by atoms with Crippen molar-refractivity contribution in [2.24, 2.45) is 0 Å². The van der Waals surface area contributed by atoms with Crippen molar-refractivity contribution >= 4 is 5.97 Å². The lowest BCUT2D eigenvalue weighted by Gasteiger charge is -2.18. The second-order valence-corrected chi connectivity index (χ2v) is 6.22. The van der Waals surface area contributed by atoms with Gasteiger partial charge in [0.25, 0.3) is 0 Å². The summed E-state index contributed by atoms with van der Waals surface area (Å²) in [7, 11) is 0. The minimum atomic E-state index is -4.53. The monoisotopic (exact) mass is 372 g/mol. The highest BCUT2D eigenvalue weighted by Gasteiger charge is 2.32. The number of hydrogen-bond acceptors (Lipinski definition) is 1. The van der Waals surface area contributed by atoms with Gasteiger partial charge in [0.1, 0.15) is 11.6 Å². The first kappa shape index (κ1) is 19.9. The molecule has 0 spiro atoms. The Bertz CT molecular complexity index is 846. The number of carboxylic acid groups (broad SMARTS) is 1. The van der Waals surface area contributed by atoms with E-state index in [0.29, 0.717) is 0 Å². The number of carboxylic acids is 1. The molecule has 0 aromatic heterocycles. The van der Waals surface area contributed by atoms with Gasteiger partial charge in [-0.05, 0) is 67.6 Å². The van der Waals surface area contributed by atoms with Crippen molar-refractivity contribution in [1.29, 1.82) is 0 Å². The van der Waals surface area contributed by atoms with Gasteiger partial charge in [-0.15, -0.1) is 0 Å². The van der Waals surface area contributed by atoms with E-state index in [1.165, 1.54) is 26.8 Å². The van der Waals surface area contributed by atoms with Crippen LogP contribution in [0.15, 0.2) is 18.2 Å². The van der Waals surface area contributed by atoms with Crippen LogP contribution in [0.25, 0.3) is 11.1 Å². The van der Waals surface area contributed by atoms with Crippen LogP contribution in [0.4, 0.5) is 22.0 Å². The molecular weight excluding hydrogens is 355 g/mol. The molecule has 26 heavy (non-hydrogen) atoms. The van der Waals surface area contributed by atoms with Crippen molar-refractivity contribution in [3.05, 3.63) is 57.7 Å². The minimum Gasteiger partial charge on any atom is -0.481 e. The van der Waals surface area contributed by atoms with Gasteiger partial charge in [0, 0.05) is 17.5 Å². The summed E-state index contributed by atoms with van der Waals surface area (Å²) >= 11 is 0. The van der Waals surface area contributed by atoms with Crippen LogP contribution in [-0.4, -0.2) is 11.1 Å². The number of hydrogen-bond donors (Lipinski definition) is 1. The first-order valence-corrected chi connectivity index (χ1v) is 7.81. The zero-order valence-electron chi connectivity index (χ0n) is 14.4. The summed E-state index contributed by atoms with van der Waals surface area (Å²) in [4.78, 5) is 10.7. The van der Waals surface area contributed by atoms with E-state index in [0.717, 1.165) is 12.1 Å². The van der Waals surface area contributed by atoms with Crippen molar-refractivity contribution in [1.82, 2.24) is 0 Å². The van der Waals surface area contributed by atoms with E-state index < -0.39 is 35.8 Å². The third kappa shape index (κ3) is 3.86. The molecular formula is C19H17F5O2. The third-order valence-corrected chi connectivity index (χ3v) is 4.19. The summed E-state index contributed by atoms with van der Waals surface area (Å²) in [5.41, 5.74) is -0.510. The van der Waals surface area contributed by atoms with Crippen LogP contribution in [0, 0.1) is 32.4 Å². The van der Waals surface area contributed by atoms with Crippen LogP contribution < -0.4 is 0 Å². The highest BCUT2D eigenvalue weighted by atomic mass is 19.4. The number of carbonyl (C=O) groups is 1. The Kier molecular flexibility index (Phi) is 5.39. The highest BCUT2D eigenvalue weighted by Crippen LogP contribution is 2.38. The van der Waals surface area contributed by atoms with Gasteiger partial charge in [-0.2, -0.15) is 13.2 Å². The summed E-state index contributed by atoms with van der Waals surface area (Å²) < 4.78 is 68.0. The zero-order valence-corrected chi connectivity index (χ0v) is 14.4. The number of alkyl halides is 3. The molecule has 0 amide bonds. The van der Waals surface area contributed by atoms with E-state index in [1.54, 1.807) is 0 Å². The second-order valence-electron chi connectivity index (χ2n) is 6.22. The van der Waals surface area contributed by atoms with Gasteiger partial charge in [0.15, 0.2) is 0 Å². The molecule has 2 aromatic rings. The smallest absolute Gasteiger partial charge is 0.416 e. The molecule has 140 valence electrons. The molecule has 0 bridgehead atoms. The van der Waals surface area contributed by atoms with E-state index in [9.17, 15) is 26.7 Å². The molecule has 0 heterocycles. The fourth-order valence-corrected chi connectivity index (χ4v) is 3.03. The van der Waals surface area contributed by atoms with Crippen molar-refractivity contribution in [3.63, 3.8) is 0 Å². The predicted molar refractivity (Wildman–Crippen MR) is 87.0 cm³/mol. The van der Waals surface area contributed by atoms with Gasteiger partial charge >= 0.3 is 12.1 Å². The Labute approximate surface area is 147 Å². The number of aliphatic carboxylic acids is 1. The predicted octanol–water partition coefficient (Wildman–Crippen LogP) is 5.59. The Balaban J connectivity index is 2.68. The number of rotatable bonds is 4. The molecule has 2 aromatic carbocycles. The average molecular weight is 372 g/mol. The maximum atomic E-state index is 14.9. The van der Waals surface area contributed by atoms with Crippen molar-refractivity contribution in [2.75, 3.05) is 0 Å². The molecule has 0 unspecified atom stereocenters. The van der Waals surface area contributed by atoms with Gasteiger partial charge in [-0.25, -0.2) is 8.78 Å².